The number of hydrogen-bond acceptors (Lipinski definition) is 3. The largest absolute Gasteiger partial charge is 0.295 e. The maximum atomic E-state index is 11.7. The molecule has 0 atom stereocenters. The lowest BCUT2D eigenvalue weighted by Gasteiger charge is -2.11. The van der Waals surface area contributed by atoms with Crippen molar-refractivity contribution in [3.05, 3.63) is 53.2 Å². The Kier molecular flexibility index (Phi) is 3.95. The van der Waals surface area contributed by atoms with Crippen molar-refractivity contribution >= 4 is 5.78 Å². The third-order valence-corrected chi connectivity index (χ3v) is 3.17. The topological polar surface area (TPSA) is 53.8 Å². The number of hydrogen-bond donors (Lipinski definition) is 0. The van der Waals surface area contributed by atoms with Crippen LogP contribution in [0.2, 0.25) is 0 Å². The van der Waals surface area contributed by atoms with Crippen molar-refractivity contribution in [3.8, 4) is 17.3 Å². The van der Waals surface area contributed by atoms with Crippen molar-refractivity contribution in [1.82, 2.24) is 4.98 Å². The second-order valence-electron chi connectivity index (χ2n) is 5.03. The van der Waals surface area contributed by atoms with E-state index in [1.165, 1.54) is 0 Å². The Labute approximate surface area is 118 Å². The van der Waals surface area contributed by atoms with Crippen LogP contribution in [0.25, 0.3) is 11.3 Å². The predicted octanol–water partition coefficient (Wildman–Crippen LogP) is 3.95. The van der Waals surface area contributed by atoms with Crippen molar-refractivity contribution < 1.29 is 4.79 Å². The van der Waals surface area contributed by atoms with E-state index in [4.69, 9.17) is 0 Å². The van der Waals surface area contributed by atoms with Crippen LogP contribution in [0.3, 0.4) is 0 Å². The normalized spacial score (nSPS) is 10.3. The molecule has 0 amide bonds. The molecule has 0 aliphatic heterocycles. The van der Waals surface area contributed by atoms with E-state index in [1.807, 2.05) is 38.1 Å². The summed E-state index contributed by atoms with van der Waals surface area (Å²) in [4.78, 5) is 16.3. The highest BCUT2D eigenvalue weighted by Crippen LogP contribution is 2.25. The maximum Gasteiger partial charge on any atom is 0.159 e. The average molecular weight is 264 g/mol. The van der Waals surface area contributed by atoms with Gasteiger partial charge in [-0.15, -0.1) is 0 Å². The van der Waals surface area contributed by atoms with Crippen molar-refractivity contribution in [2.75, 3.05) is 0 Å². The maximum absolute atomic E-state index is 11.7. The summed E-state index contributed by atoms with van der Waals surface area (Å²) in [6.07, 6.45) is 0. The fourth-order valence-corrected chi connectivity index (χ4v) is 1.99. The first-order chi connectivity index (χ1) is 9.52. The Bertz CT molecular complexity index is 696. The van der Waals surface area contributed by atoms with Crippen LogP contribution in [0.5, 0.6) is 0 Å². The van der Waals surface area contributed by atoms with Crippen molar-refractivity contribution in [3.63, 3.8) is 0 Å². The van der Waals surface area contributed by atoms with Gasteiger partial charge in [0.1, 0.15) is 0 Å². The van der Waals surface area contributed by atoms with Crippen LogP contribution < -0.4 is 0 Å². The van der Waals surface area contributed by atoms with Crippen molar-refractivity contribution in [2.24, 2.45) is 0 Å². The first-order valence-corrected chi connectivity index (χ1v) is 6.55. The fraction of sp³-hybridized carbons (Fsp3) is 0.235. The van der Waals surface area contributed by atoms with E-state index in [9.17, 15) is 10.1 Å². The summed E-state index contributed by atoms with van der Waals surface area (Å²) >= 11 is 0. The number of Topliss-reactive ketones (excluding diaryl/α,β-unsaturated/α-hetero) is 1. The second-order valence-corrected chi connectivity index (χ2v) is 5.03. The summed E-state index contributed by atoms with van der Waals surface area (Å²) in [5.41, 5.74) is 3.50. The Morgan fingerprint density at radius 2 is 1.95 bits per heavy atom. The molecule has 3 nitrogen and oxygen atoms in total. The Balaban J connectivity index is 2.68. The van der Waals surface area contributed by atoms with Gasteiger partial charge in [0.05, 0.1) is 17.3 Å². The number of nitriles is 1. The number of carbonyl (C=O) groups is 1. The minimum Gasteiger partial charge on any atom is -0.295 e. The first kappa shape index (κ1) is 14.0. The molecule has 20 heavy (non-hydrogen) atoms. The number of pyridine rings is 1. The third-order valence-electron chi connectivity index (χ3n) is 3.17. The number of carbonyl (C=O) groups excluding carboxylic acids is 1. The first-order valence-electron chi connectivity index (χ1n) is 6.55. The summed E-state index contributed by atoms with van der Waals surface area (Å²) in [7, 11) is 0. The summed E-state index contributed by atoms with van der Waals surface area (Å²) in [5, 5.41) is 9.19. The zero-order valence-corrected chi connectivity index (χ0v) is 11.8. The highest BCUT2D eigenvalue weighted by molar-refractivity contribution is 5.95. The predicted molar refractivity (Wildman–Crippen MR) is 78.5 cm³/mol. The number of aromatic nitrogens is 1. The lowest BCUT2D eigenvalue weighted by Crippen LogP contribution is -2.01. The molecule has 100 valence electrons. The number of ketones is 1. The van der Waals surface area contributed by atoms with Gasteiger partial charge >= 0.3 is 0 Å². The molecule has 3 heteroatoms. The molecule has 0 aliphatic rings. The van der Waals surface area contributed by atoms with Crippen LogP contribution in [0.1, 0.15) is 48.3 Å². The molecule has 0 aliphatic carbocycles. The summed E-state index contributed by atoms with van der Waals surface area (Å²) in [6.45, 7) is 5.61. The lowest BCUT2D eigenvalue weighted by atomic mass is 9.99. The Hall–Kier alpha value is -2.47. The van der Waals surface area contributed by atoms with Gasteiger partial charge in [-0.1, -0.05) is 32.0 Å². The van der Waals surface area contributed by atoms with Crippen LogP contribution in [0.15, 0.2) is 36.4 Å². The molecule has 1 aromatic carbocycles. The minimum atomic E-state index is 0.00462. The van der Waals surface area contributed by atoms with E-state index in [0.717, 1.165) is 11.3 Å². The van der Waals surface area contributed by atoms with Crippen LogP contribution in [0, 0.1) is 11.3 Å². The molecule has 0 N–H and O–H groups in total. The van der Waals surface area contributed by atoms with E-state index >= 15 is 0 Å². The molecular weight excluding hydrogens is 248 g/mol. The smallest absolute Gasteiger partial charge is 0.159 e. The van der Waals surface area contributed by atoms with Crippen LogP contribution in [-0.4, -0.2) is 10.8 Å². The molecule has 2 rings (SSSR count). The van der Waals surface area contributed by atoms with Gasteiger partial charge in [0, 0.05) is 16.8 Å². The SMILES string of the molecule is CC(=O)c1cc(-c2ccccc2C#N)nc(C(C)C)c1. The van der Waals surface area contributed by atoms with Gasteiger partial charge in [-0.25, -0.2) is 0 Å². The van der Waals surface area contributed by atoms with E-state index in [1.54, 1.807) is 19.1 Å². The molecule has 1 aromatic heterocycles. The van der Waals surface area contributed by atoms with Gasteiger partial charge in [-0.2, -0.15) is 5.26 Å². The molecule has 0 spiro atoms. The summed E-state index contributed by atoms with van der Waals surface area (Å²) in [5.74, 6) is 0.229. The summed E-state index contributed by atoms with van der Waals surface area (Å²) < 4.78 is 0. The quantitative estimate of drug-likeness (QED) is 0.789. The lowest BCUT2D eigenvalue weighted by molar-refractivity contribution is 0.101. The molecular formula is C17H16N2O. The van der Waals surface area contributed by atoms with Crippen LogP contribution >= 0.6 is 0 Å². The number of rotatable bonds is 3. The molecule has 0 radical (unpaired) electrons. The Morgan fingerprint density at radius 3 is 2.55 bits per heavy atom. The van der Waals surface area contributed by atoms with Gasteiger partial charge in [0.15, 0.2) is 5.78 Å². The monoisotopic (exact) mass is 264 g/mol. The third kappa shape index (κ3) is 2.75. The Morgan fingerprint density at radius 1 is 1.25 bits per heavy atom. The van der Waals surface area contributed by atoms with Gasteiger partial charge < -0.3 is 0 Å². The average Bonchev–Trinajstić information content (AvgIpc) is 2.46. The highest BCUT2D eigenvalue weighted by atomic mass is 16.1. The molecule has 0 bridgehead atoms. The molecule has 0 fully saturated rings. The number of nitrogens with zero attached hydrogens (tertiary/aromatic N) is 2. The van der Waals surface area contributed by atoms with Crippen molar-refractivity contribution in [2.45, 2.75) is 26.7 Å². The standard InChI is InChI=1S/C17H16N2O/c1-11(2)16-8-14(12(3)20)9-17(19-16)15-7-5-4-6-13(15)10-18/h4-9,11H,1-3H3. The van der Waals surface area contributed by atoms with E-state index in [2.05, 4.69) is 11.1 Å². The molecule has 1 heterocycles. The summed E-state index contributed by atoms with van der Waals surface area (Å²) in [6, 6.07) is 13.0. The second kappa shape index (κ2) is 5.66. The fourth-order valence-electron chi connectivity index (χ4n) is 1.99. The van der Waals surface area contributed by atoms with Gasteiger partial charge in [-0.3, -0.25) is 9.78 Å². The van der Waals surface area contributed by atoms with E-state index in [0.29, 0.717) is 16.8 Å². The molecule has 0 saturated carbocycles. The van der Waals surface area contributed by atoms with Crippen LogP contribution in [0.4, 0.5) is 0 Å². The minimum absolute atomic E-state index is 0.00462. The van der Waals surface area contributed by atoms with Gasteiger partial charge in [-0.05, 0) is 31.0 Å². The molecule has 0 unspecified atom stereocenters. The van der Waals surface area contributed by atoms with Crippen LogP contribution in [-0.2, 0) is 0 Å². The zero-order chi connectivity index (χ0) is 14.7. The number of benzene rings is 1. The van der Waals surface area contributed by atoms with Gasteiger partial charge in [0.25, 0.3) is 0 Å². The van der Waals surface area contributed by atoms with E-state index < -0.39 is 0 Å². The highest BCUT2D eigenvalue weighted by Gasteiger charge is 2.12. The molecule has 2 aromatic rings. The van der Waals surface area contributed by atoms with Gasteiger partial charge in [0.2, 0.25) is 0 Å². The zero-order valence-electron chi connectivity index (χ0n) is 11.8. The molecule has 0 saturated heterocycles. The van der Waals surface area contributed by atoms with E-state index in [-0.39, 0.29) is 11.7 Å². The van der Waals surface area contributed by atoms with Crippen molar-refractivity contribution in [1.29, 1.82) is 5.26 Å².